The van der Waals surface area contributed by atoms with Crippen LogP contribution in [0.1, 0.15) is 0 Å². The van der Waals surface area contributed by atoms with Crippen molar-refractivity contribution in [2.24, 2.45) is 0 Å². The van der Waals surface area contributed by atoms with E-state index in [0.717, 1.165) is 0 Å². The second kappa shape index (κ2) is 4.78. The molecule has 0 saturated heterocycles. The molecule has 0 radical (unpaired) electrons. The molecule has 0 fully saturated rings. The van der Waals surface area contributed by atoms with Crippen molar-refractivity contribution in [1.82, 2.24) is 0 Å². The SMILES string of the molecule is C[Si@](F)(c1ccccc1)[Si@](C)(F)c1ccccc1. The van der Waals surface area contributed by atoms with E-state index in [4.69, 9.17) is 0 Å². The summed E-state index contributed by atoms with van der Waals surface area (Å²) in [6, 6.07) is 17.6. The van der Waals surface area contributed by atoms with E-state index in [1.165, 1.54) is 13.1 Å². The van der Waals surface area contributed by atoms with Crippen LogP contribution in [0.5, 0.6) is 0 Å². The highest BCUT2D eigenvalue weighted by Crippen LogP contribution is 2.22. The van der Waals surface area contributed by atoms with E-state index in [0.29, 0.717) is 10.4 Å². The zero-order chi connectivity index (χ0) is 13.2. The predicted molar refractivity (Wildman–Crippen MR) is 77.6 cm³/mol. The third-order valence-electron chi connectivity index (χ3n) is 3.51. The molecule has 0 heterocycles. The van der Waals surface area contributed by atoms with Crippen molar-refractivity contribution in [3.63, 3.8) is 0 Å². The standard InChI is InChI=1S/C14H16F2Si2/c1-17(15,13-9-5-3-6-10-13)18(2,16)14-11-7-4-8-12-14/h3-12H,1-2H3/t17-,18+. The van der Waals surface area contributed by atoms with Crippen molar-refractivity contribution in [3.8, 4) is 0 Å². The topological polar surface area (TPSA) is 0 Å². The molecule has 0 bridgehead atoms. The molecular formula is C14H16F2Si2. The Morgan fingerprint density at radius 3 is 1.17 bits per heavy atom. The highest BCUT2D eigenvalue weighted by molar-refractivity contribution is 7.45. The van der Waals surface area contributed by atoms with Gasteiger partial charge in [-0.15, -0.1) is 0 Å². The van der Waals surface area contributed by atoms with Crippen LogP contribution in [0.2, 0.25) is 13.1 Å². The lowest BCUT2D eigenvalue weighted by Crippen LogP contribution is -2.67. The third-order valence-corrected chi connectivity index (χ3v) is 15.1. The molecule has 2 aromatic rings. The lowest BCUT2D eigenvalue weighted by Gasteiger charge is -2.29. The first-order valence-corrected chi connectivity index (χ1v) is 11.7. The number of benzene rings is 2. The summed E-state index contributed by atoms with van der Waals surface area (Å²) in [5.74, 6) is 0. The van der Waals surface area contributed by atoms with Crippen molar-refractivity contribution in [2.45, 2.75) is 13.1 Å². The van der Waals surface area contributed by atoms with Crippen LogP contribution in [0, 0.1) is 0 Å². The van der Waals surface area contributed by atoms with Gasteiger partial charge in [0.25, 0.3) is 0 Å². The Bertz CT molecular complexity index is 460. The van der Waals surface area contributed by atoms with E-state index in [-0.39, 0.29) is 0 Å². The molecule has 0 N–H and O–H groups in total. The summed E-state index contributed by atoms with van der Waals surface area (Å²) in [5.41, 5.74) is 0. The van der Waals surface area contributed by atoms with Crippen LogP contribution in [0.15, 0.2) is 60.7 Å². The largest absolute Gasteiger partial charge is 0.308 e. The summed E-state index contributed by atoms with van der Waals surface area (Å²) in [6.45, 7) is 2.98. The zero-order valence-electron chi connectivity index (χ0n) is 10.5. The minimum absolute atomic E-state index is 0.547. The minimum Gasteiger partial charge on any atom is -0.308 e. The van der Waals surface area contributed by atoms with Crippen molar-refractivity contribution < 1.29 is 8.22 Å². The number of halogens is 2. The Morgan fingerprint density at radius 2 is 0.889 bits per heavy atom. The van der Waals surface area contributed by atoms with E-state index in [1.54, 1.807) is 48.5 Å². The highest BCUT2D eigenvalue weighted by atomic mass is 29.3. The summed E-state index contributed by atoms with van der Waals surface area (Å²) in [5, 5.41) is 1.09. The molecule has 4 heteroatoms. The summed E-state index contributed by atoms with van der Waals surface area (Å²) < 4.78 is 30.2. The summed E-state index contributed by atoms with van der Waals surface area (Å²) in [4.78, 5) is 0. The van der Waals surface area contributed by atoms with Crippen LogP contribution in [0.3, 0.4) is 0 Å². The number of hydrogen-bond acceptors (Lipinski definition) is 0. The van der Waals surface area contributed by atoms with E-state index < -0.39 is 15.9 Å². The molecule has 0 saturated carbocycles. The van der Waals surface area contributed by atoms with Gasteiger partial charge >= 0.3 is 15.9 Å². The smallest absolute Gasteiger partial charge is 0.302 e. The number of hydrogen-bond donors (Lipinski definition) is 0. The molecule has 2 aromatic carbocycles. The first-order valence-electron chi connectivity index (χ1n) is 5.95. The Kier molecular flexibility index (Phi) is 3.50. The fraction of sp³-hybridized carbons (Fsp3) is 0.143. The van der Waals surface area contributed by atoms with Crippen LogP contribution in [0.25, 0.3) is 0 Å². The molecule has 0 unspecified atom stereocenters. The van der Waals surface area contributed by atoms with Gasteiger partial charge in [-0.25, -0.2) is 0 Å². The predicted octanol–water partition coefficient (Wildman–Crippen LogP) is 2.97. The Hall–Kier alpha value is -1.27. The third kappa shape index (κ3) is 2.18. The summed E-state index contributed by atoms with van der Waals surface area (Å²) >= 11 is 0. The van der Waals surface area contributed by atoms with Gasteiger partial charge in [0.05, 0.1) is 0 Å². The Morgan fingerprint density at radius 1 is 0.611 bits per heavy atom. The molecule has 0 aliphatic heterocycles. The molecule has 0 aromatic heterocycles. The highest BCUT2D eigenvalue weighted by Gasteiger charge is 2.55. The lowest BCUT2D eigenvalue weighted by atomic mass is 10.4. The maximum absolute atomic E-state index is 15.1. The molecule has 94 valence electrons. The van der Waals surface area contributed by atoms with Gasteiger partial charge in [0.2, 0.25) is 0 Å². The first-order chi connectivity index (χ1) is 8.46. The normalized spacial score (nSPS) is 17.8. The second-order valence-electron chi connectivity index (χ2n) is 4.74. The summed E-state index contributed by atoms with van der Waals surface area (Å²) in [6.07, 6.45) is 0. The maximum Gasteiger partial charge on any atom is 0.302 e. The quantitative estimate of drug-likeness (QED) is 0.598. The van der Waals surface area contributed by atoms with Crippen LogP contribution in [-0.4, -0.2) is 15.9 Å². The molecule has 18 heavy (non-hydrogen) atoms. The van der Waals surface area contributed by atoms with Crippen LogP contribution >= 0.6 is 0 Å². The average Bonchev–Trinajstić information content (AvgIpc) is 2.40. The molecule has 2 atom stereocenters. The van der Waals surface area contributed by atoms with E-state index in [1.807, 2.05) is 12.1 Å². The maximum atomic E-state index is 15.1. The second-order valence-corrected chi connectivity index (χ2v) is 15.5. The van der Waals surface area contributed by atoms with Gasteiger partial charge < -0.3 is 8.22 Å². The van der Waals surface area contributed by atoms with E-state index >= 15 is 8.22 Å². The number of rotatable bonds is 3. The zero-order valence-corrected chi connectivity index (χ0v) is 12.5. The van der Waals surface area contributed by atoms with Gasteiger partial charge in [0, 0.05) is 0 Å². The van der Waals surface area contributed by atoms with Gasteiger partial charge in [-0.1, -0.05) is 60.7 Å². The average molecular weight is 278 g/mol. The van der Waals surface area contributed by atoms with E-state index in [2.05, 4.69) is 0 Å². The van der Waals surface area contributed by atoms with Gasteiger partial charge in [-0.05, 0) is 23.5 Å². The minimum atomic E-state index is -3.58. The van der Waals surface area contributed by atoms with Crippen molar-refractivity contribution in [1.29, 1.82) is 0 Å². The fourth-order valence-corrected chi connectivity index (χ4v) is 9.02. The fourth-order valence-electron chi connectivity index (χ4n) is 2.04. The van der Waals surface area contributed by atoms with Crippen molar-refractivity contribution in [3.05, 3.63) is 60.7 Å². The monoisotopic (exact) mass is 278 g/mol. The molecule has 0 aliphatic rings. The van der Waals surface area contributed by atoms with Crippen molar-refractivity contribution >= 4 is 26.2 Å². The van der Waals surface area contributed by atoms with E-state index in [9.17, 15) is 0 Å². The molecule has 0 spiro atoms. The molecule has 0 nitrogen and oxygen atoms in total. The molecule has 0 aliphatic carbocycles. The van der Waals surface area contributed by atoms with Gasteiger partial charge in [0.15, 0.2) is 0 Å². The van der Waals surface area contributed by atoms with Crippen LogP contribution in [0.4, 0.5) is 8.22 Å². The van der Waals surface area contributed by atoms with Crippen LogP contribution in [-0.2, 0) is 0 Å². The molecular weight excluding hydrogens is 262 g/mol. The Labute approximate surface area is 108 Å². The van der Waals surface area contributed by atoms with Gasteiger partial charge in [0.1, 0.15) is 0 Å². The first kappa shape index (κ1) is 13.2. The van der Waals surface area contributed by atoms with Crippen LogP contribution < -0.4 is 10.4 Å². The van der Waals surface area contributed by atoms with Crippen molar-refractivity contribution in [2.75, 3.05) is 0 Å². The molecule has 0 amide bonds. The summed E-state index contributed by atoms with van der Waals surface area (Å²) in [7, 11) is -7.15. The lowest BCUT2D eigenvalue weighted by molar-refractivity contribution is 0.782. The van der Waals surface area contributed by atoms with Gasteiger partial charge in [-0.3, -0.25) is 0 Å². The van der Waals surface area contributed by atoms with Gasteiger partial charge in [-0.2, -0.15) is 0 Å². The molecule has 2 rings (SSSR count). The Balaban J connectivity index is 2.47.